The molecule has 11 aromatic rings. The summed E-state index contributed by atoms with van der Waals surface area (Å²) in [6, 6.07) is 65.4. The van der Waals surface area contributed by atoms with Crippen molar-refractivity contribution in [1.29, 1.82) is 0 Å². The molecule has 0 fully saturated rings. The first-order valence-corrected chi connectivity index (χ1v) is 19.9. The van der Waals surface area contributed by atoms with E-state index in [0.29, 0.717) is 0 Å². The normalized spacial score (nSPS) is 14.1. The van der Waals surface area contributed by atoms with Gasteiger partial charge in [0, 0.05) is 37.5 Å². The lowest BCUT2D eigenvalue weighted by molar-refractivity contribution is 0.669. The summed E-state index contributed by atoms with van der Waals surface area (Å²) in [5.41, 5.74) is 10.7. The molecule has 1 N–H and O–H groups in total. The standard InChI is InChI=1S/C52H32N2OS/c1-2-12-34-29-35(28-25-31(34)11-1)32-23-26-33(27-24-32)38-18-9-19-42-47-43(20-10-21-45(47)55-50(38)42)52-53-48-41-17-7-8-22-46(41)56-51(48)49(54-52)44-30-36-13-3-4-14-37(36)39-15-5-6-16-40(39)44/h1-30,52-53H. The molecule has 0 aliphatic carbocycles. The maximum absolute atomic E-state index is 6.80. The minimum absolute atomic E-state index is 0.338. The van der Waals surface area contributed by atoms with Gasteiger partial charge in [-0.25, -0.2) is 0 Å². The van der Waals surface area contributed by atoms with Crippen LogP contribution in [0.5, 0.6) is 0 Å². The van der Waals surface area contributed by atoms with Crippen LogP contribution in [0.2, 0.25) is 0 Å². The molecule has 0 spiro atoms. The Hall–Kier alpha value is -7.01. The van der Waals surface area contributed by atoms with Crippen molar-refractivity contribution in [2.45, 2.75) is 6.17 Å². The van der Waals surface area contributed by atoms with Crippen LogP contribution in [-0.4, -0.2) is 5.71 Å². The number of nitrogens with one attached hydrogen (secondary N) is 1. The van der Waals surface area contributed by atoms with E-state index in [4.69, 9.17) is 9.41 Å². The van der Waals surface area contributed by atoms with Gasteiger partial charge in [0.1, 0.15) is 17.3 Å². The fourth-order valence-corrected chi connectivity index (χ4v) is 10.0. The summed E-state index contributed by atoms with van der Waals surface area (Å²) in [6.07, 6.45) is -0.338. The van der Waals surface area contributed by atoms with Crippen molar-refractivity contribution in [2.75, 3.05) is 5.32 Å². The summed E-state index contributed by atoms with van der Waals surface area (Å²) in [7, 11) is 0. The van der Waals surface area contributed by atoms with Crippen molar-refractivity contribution in [3.63, 3.8) is 0 Å². The van der Waals surface area contributed by atoms with Crippen LogP contribution in [-0.2, 0) is 0 Å². The molecule has 4 heteroatoms. The van der Waals surface area contributed by atoms with Gasteiger partial charge >= 0.3 is 0 Å². The number of anilines is 1. The Bertz CT molecular complexity index is 3410. The Labute approximate surface area is 326 Å². The summed E-state index contributed by atoms with van der Waals surface area (Å²) in [5, 5.41) is 14.7. The number of nitrogens with zero attached hydrogens (tertiary/aromatic N) is 1. The van der Waals surface area contributed by atoms with E-state index < -0.39 is 0 Å². The van der Waals surface area contributed by atoms with Gasteiger partial charge in [-0.05, 0) is 73.3 Å². The highest BCUT2D eigenvalue weighted by Crippen LogP contribution is 2.47. The van der Waals surface area contributed by atoms with E-state index in [-0.39, 0.29) is 6.17 Å². The van der Waals surface area contributed by atoms with Crippen LogP contribution in [0.15, 0.2) is 191 Å². The van der Waals surface area contributed by atoms with E-state index in [9.17, 15) is 0 Å². The molecule has 1 unspecified atom stereocenters. The molecule has 0 bridgehead atoms. The van der Waals surface area contributed by atoms with Crippen LogP contribution in [0.1, 0.15) is 22.2 Å². The Morgan fingerprint density at radius 2 is 1.16 bits per heavy atom. The Morgan fingerprint density at radius 1 is 0.482 bits per heavy atom. The molecule has 0 saturated heterocycles. The van der Waals surface area contributed by atoms with E-state index in [0.717, 1.165) is 55.6 Å². The van der Waals surface area contributed by atoms with Crippen LogP contribution in [0.25, 0.3) is 86.6 Å². The Kier molecular flexibility index (Phi) is 6.86. The predicted octanol–water partition coefficient (Wildman–Crippen LogP) is 14.6. The van der Waals surface area contributed by atoms with Gasteiger partial charge in [-0.3, -0.25) is 4.99 Å². The first-order chi connectivity index (χ1) is 27.7. The zero-order valence-corrected chi connectivity index (χ0v) is 31.0. The van der Waals surface area contributed by atoms with Crippen LogP contribution in [0.4, 0.5) is 5.69 Å². The fourth-order valence-electron chi connectivity index (χ4n) is 8.84. The maximum Gasteiger partial charge on any atom is 0.146 e. The molecule has 1 aliphatic rings. The van der Waals surface area contributed by atoms with Gasteiger partial charge in [-0.1, -0.05) is 158 Å². The fraction of sp³-hybridized carbons (Fsp3) is 0.0192. The second kappa shape index (κ2) is 12.3. The molecule has 3 nitrogen and oxygen atoms in total. The third-order valence-electron chi connectivity index (χ3n) is 11.5. The summed E-state index contributed by atoms with van der Waals surface area (Å²) in [5.74, 6) is 0. The smallest absolute Gasteiger partial charge is 0.146 e. The van der Waals surface area contributed by atoms with Crippen LogP contribution < -0.4 is 5.32 Å². The largest absolute Gasteiger partial charge is 0.455 e. The molecule has 2 aromatic heterocycles. The van der Waals surface area contributed by atoms with Crippen molar-refractivity contribution in [3.05, 3.63) is 198 Å². The molecule has 9 aromatic carbocycles. The molecule has 12 rings (SSSR count). The molecule has 0 radical (unpaired) electrons. The van der Waals surface area contributed by atoms with Crippen molar-refractivity contribution >= 4 is 87.1 Å². The van der Waals surface area contributed by atoms with Gasteiger partial charge in [-0.15, -0.1) is 11.3 Å². The second-order valence-electron chi connectivity index (χ2n) is 14.7. The number of fused-ring (bicyclic) bond motifs is 10. The molecule has 0 amide bonds. The number of benzene rings is 9. The van der Waals surface area contributed by atoms with E-state index in [2.05, 4.69) is 187 Å². The first kappa shape index (κ1) is 31.4. The SMILES string of the molecule is c1ccc2cc(-c3ccc(-c4cccc5c4oc4cccc(C6N=C(c7cc8ccccc8c8ccccc78)c7sc8ccccc8c7N6)c45)cc3)ccc2c1. The van der Waals surface area contributed by atoms with Crippen LogP contribution in [0.3, 0.4) is 0 Å². The molecule has 0 saturated carbocycles. The lowest BCUT2D eigenvalue weighted by Crippen LogP contribution is -2.19. The monoisotopic (exact) mass is 732 g/mol. The third kappa shape index (κ3) is 4.79. The van der Waals surface area contributed by atoms with Crippen LogP contribution in [0, 0.1) is 0 Å². The molecular formula is C52H32N2OS. The van der Waals surface area contributed by atoms with E-state index >= 15 is 0 Å². The van der Waals surface area contributed by atoms with E-state index in [1.54, 1.807) is 0 Å². The van der Waals surface area contributed by atoms with E-state index in [1.807, 2.05) is 11.3 Å². The van der Waals surface area contributed by atoms with Gasteiger partial charge in [0.2, 0.25) is 0 Å². The molecular weight excluding hydrogens is 701 g/mol. The predicted molar refractivity (Wildman–Crippen MR) is 237 cm³/mol. The van der Waals surface area contributed by atoms with Gasteiger partial charge < -0.3 is 9.73 Å². The number of para-hydroxylation sites is 1. The van der Waals surface area contributed by atoms with Crippen molar-refractivity contribution in [2.24, 2.45) is 4.99 Å². The lowest BCUT2D eigenvalue weighted by Gasteiger charge is -2.25. The summed E-state index contributed by atoms with van der Waals surface area (Å²) < 4.78 is 8.04. The zero-order chi connectivity index (χ0) is 36.7. The molecule has 1 aliphatic heterocycles. The van der Waals surface area contributed by atoms with Crippen molar-refractivity contribution in [3.8, 4) is 22.3 Å². The third-order valence-corrected chi connectivity index (χ3v) is 12.7. The Morgan fingerprint density at radius 3 is 2.04 bits per heavy atom. The van der Waals surface area contributed by atoms with Gasteiger partial charge in [0.05, 0.1) is 16.3 Å². The van der Waals surface area contributed by atoms with Gasteiger partial charge in [-0.2, -0.15) is 0 Å². The molecule has 56 heavy (non-hydrogen) atoms. The quantitative estimate of drug-likeness (QED) is 0.183. The average molecular weight is 733 g/mol. The Balaban J connectivity index is 1.02. The van der Waals surface area contributed by atoms with Crippen molar-refractivity contribution < 1.29 is 4.42 Å². The number of hydrogen-bond donors (Lipinski definition) is 1. The van der Waals surface area contributed by atoms with Crippen molar-refractivity contribution in [1.82, 2.24) is 0 Å². The number of rotatable bonds is 4. The van der Waals surface area contributed by atoms with E-state index in [1.165, 1.54) is 58.4 Å². The summed E-state index contributed by atoms with van der Waals surface area (Å²) in [6.45, 7) is 0. The summed E-state index contributed by atoms with van der Waals surface area (Å²) >= 11 is 1.81. The minimum atomic E-state index is -0.338. The highest BCUT2D eigenvalue weighted by Gasteiger charge is 2.30. The molecule has 1 atom stereocenters. The number of furan rings is 1. The first-order valence-electron chi connectivity index (χ1n) is 19.1. The summed E-state index contributed by atoms with van der Waals surface area (Å²) in [4.78, 5) is 6.83. The number of hydrogen-bond acceptors (Lipinski definition) is 4. The number of aliphatic imine (C=N–C) groups is 1. The highest BCUT2D eigenvalue weighted by atomic mass is 32.1. The van der Waals surface area contributed by atoms with Crippen LogP contribution >= 0.6 is 11.3 Å². The zero-order valence-electron chi connectivity index (χ0n) is 30.2. The molecule has 3 heterocycles. The number of thiophene rings is 1. The molecule has 262 valence electrons. The maximum atomic E-state index is 6.80. The van der Waals surface area contributed by atoms with Gasteiger partial charge in [0.15, 0.2) is 0 Å². The van der Waals surface area contributed by atoms with Gasteiger partial charge in [0.25, 0.3) is 0 Å². The average Bonchev–Trinajstić information content (AvgIpc) is 3.85. The minimum Gasteiger partial charge on any atom is -0.455 e. The lowest BCUT2D eigenvalue weighted by atomic mass is 9.93. The highest BCUT2D eigenvalue weighted by molar-refractivity contribution is 7.22. The second-order valence-corrected chi connectivity index (χ2v) is 15.7. The topological polar surface area (TPSA) is 37.5 Å².